The zero-order valence-electron chi connectivity index (χ0n) is 11.9. The first-order valence-corrected chi connectivity index (χ1v) is 7.09. The quantitative estimate of drug-likeness (QED) is 0.728. The summed E-state index contributed by atoms with van der Waals surface area (Å²) >= 11 is 5.58. The third kappa shape index (κ3) is 4.80. The van der Waals surface area contributed by atoms with Gasteiger partial charge in [0.1, 0.15) is 5.82 Å². The summed E-state index contributed by atoms with van der Waals surface area (Å²) in [5.74, 6) is -2.40. The molecule has 0 aliphatic carbocycles. The molecule has 6 nitrogen and oxygen atoms in total. The molecule has 2 amide bonds. The monoisotopic (exact) mass is 340 g/mol. The molecule has 0 spiro atoms. The van der Waals surface area contributed by atoms with E-state index in [4.69, 9.17) is 16.0 Å². The van der Waals surface area contributed by atoms with Crippen LogP contribution in [0.3, 0.4) is 0 Å². The van der Waals surface area contributed by atoms with Gasteiger partial charge in [0.2, 0.25) is 0 Å². The normalized spacial score (nSPS) is 11.8. The molecule has 23 heavy (non-hydrogen) atoms. The summed E-state index contributed by atoms with van der Waals surface area (Å²) in [6.07, 6.45) is 2.25. The van der Waals surface area contributed by atoms with Crippen molar-refractivity contribution >= 4 is 29.1 Å². The molecule has 2 aromatic rings. The molecule has 1 aromatic heterocycles. The number of aliphatic hydroxyl groups excluding tert-OH is 1. The lowest BCUT2D eigenvalue weighted by molar-refractivity contribution is -0.136. The van der Waals surface area contributed by atoms with Crippen LogP contribution in [0.5, 0.6) is 0 Å². The van der Waals surface area contributed by atoms with Crippen LogP contribution in [0.15, 0.2) is 41.2 Å². The molecule has 0 aliphatic heterocycles. The van der Waals surface area contributed by atoms with Gasteiger partial charge in [0.05, 0.1) is 23.7 Å². The molecular weight excluding hydrogens is 327 g/mol. The maximum Gasteiger partial charge on any atom is 0.313 e. The van der Waals surface area contributed by atoms with Crippen molar-refractivity contribution in [3.05, 3.63) is 53.2 Å². The van der Waals surface area contributed by atoms with Crippen molar-refractivity contribution in [3.8, 4) is 0 Å². The van der Waals surface area contributed by atoms with E-state index in [1.807, 2.05) is 0 Å². The Kier molecular flexibility index (Phi) is 5.72. The number of benzene rings is 1. The van der Waals surface area contributed by atoms with E-state index >= 15 is 0 Å². The highest BCUT2D eigenvalue weighted by Crippen LogP contribution is 2.19. The summed E-state index contributed by atoms with van der Waals surface area (Å²) in [6, 6.07) is 5.17. The molecule has 1 atom stereocenters. The number of aliphatic hydroxyl groups is 1. The molecule has 3 N–H and O–H groups in total. The Balaban J connectivity index is 1.78. The number of halogens is 2. The van der Waals surface area contributed by atoms with Gasteiger partial charge in [-0.25, -0.2) is 4.39 Å². The molecule has 122 valence electrons. The minimum absolute atomic E-state index is 0.1000. The zero-order chi connectivity index (χ0) is 16.8. The van der Waals surface area contributed by atoms with Crippen molar-refractivity contribution in [2.75, 3.05) is 11.9 Å². The van der Waals surface area contributed by atoms with E-state index in [-0.39, 0.29) is 23.7 Å². The van der Waals surface area contributed by atoms with E-state index in [1.54, 1.807) is 6.07 Å². The van der Waals surface area contributed by atoms with E-state index in [9.17, 15) is 19.1 Å². The van der Waals surface area contributed by atoms with Crippen molar-refractivity contribution < 1.29 is 23.5 Å². The second-order valence-corrected chi connectivity index (χ2v) is 5.11. The fourth-order valence-corrected chi connectivity index (χ4v) is 1.98. The van der Waals surface area contributed by atoms with Gasteiger partial charge in [0.15, 0.2) is 0 Å². The van der Waals surface area contributed by atoms with Crippen LogP contribution in [0.2, 0.25) is 5.02 Å². The minimum Gasteiger partial charge on any atom is -0.472 e. The van der Waals surface area contributed by atoms with Crippen LogP contribution >= 0.6 is 11.6 Å². The number of furan rings is 1. The van der Waals surface area contributed by atoms with Crippen LogP contribution in [-0.2, 0) is 9.59 Å². The average molecular weight is 341 g/mol. The highest BCUT2D eigenvalue weighted by atomic mass is 35.5. The zero-order valence-corrected chi connectivity index (χ0v) is 12.6. The van der Waals surface area contributed by atoms with Crippen LogP contribution in [0.4, 0.5) is 10.1 Å². The highest BCUT2D eigenvalue weighted by molar-refractivity contribution is 6.39. The maximum atomic E-state index is 13.0. The summed E-state index contributed by atoms with van der Waals surface area (Å²) in [5.41, 5.74) is 0.791. The van der Waals surface area contributed by atoms with Crippen molar-refractivity contribution in [2.24, 2.45) is 0 Å². The molecule has 0 bridgehead atoms. The first-order chi connectivity index (χ1) is 11.0. The Morgan fingerprint density at radius 1 is 1.30 bits per heavy atom. The number of nitrogens with one attached hydrogen (secondary N) is 2. The molecule has 1 heterocycles. The summed E-state index contributed by atoms with van der Waals surface area (Å²) in [6.45, 7) is 0.1000. The molecule has 0 fully saturated rings. The number of hydrogen-bond acceptors (Lipinski definition) is 4. The molecular formula is C15H14ClFN2O4. The molecule has 0 radical (unpaired) electrons. The van der Waals surface area contributed by atoms with E-state index < -0.39 is 23.7 Å². The Bertz CT molecular complexity index is 691. The van der Waals surface area contributed by atoms with E-state index in [0.29, 0.717) is 5.56 Å². The third-order valence-corrected chi connectivity index (χ3v) is 3.30. The van der Waals surface area contributed by atoms with E-state index in [0.717, 1.165) is 6.07 Å². The van der Waals surface area contributed by atoms with Crippen molar-refractivity contribution in [1.29, 1.82) is 0 Å². The van der Waals surface area contributed by atoms with Gasteiger partial charge in [-0.05, 0) is 30.7 Å². The second-order valence-electron chi connectivity index (χ2n) is 4.70. The maximum absolute atomic E-state index is 13.0. The minimum atomic E-state index is -0.912. The first kappa shape index (κ1) is 17.0. The second kappa shape index (κ2) is 7.75. The average Bonchev–Trinajstić information content (AvgIpc) is 3.05. The number of hydrogen-bond donors (Lipinski definition) is 3. The third-order valence-electron chi connectivity index (χ3n) is 3.01. The Morgan fingerprint density at radius 3 is 2.74 bits per heavy atom. The summed E-state index contributed by atoms with van der Waals surface area (Å²) in [5, 5.41) is 14.3. The molecule has 0 saturated heterocycles. The molecule has 8 heteroatoms. The SMILES string of the molecule is O=C(NCCC(O)c1ccoc1)C(=O)Nc1ccc(F)c(Cl)c1. The largest absolute Gasteiger partial charge is 0.472 e. The van der Waals surface area contributed by atoms with Gasteiger partial charge >= 0.3 is 11.8 Å². The number of carbonyl (C=O) groups is 2. The number of carbonyl (C=O) groups excluding carboxylic acids is 2. The predicted octanol–water partition coefficient (Wildman–Crippen LogP) is 2.25. The molecule has 0 aliphatic rings. The van der Waals surface area contributed by atoms with Gasteiger partial charge in [-0.3, -0.25) is 9.59 Å². The van der Waals surface area contributed by atoms with E-state index in [2.05, 4.69) is 10.6 Å². The van der Waals surface area contributed by atoms with Crippen molar-refractivity contribution in [1.82, 2.24) is 5.32 Å². The lowest BCUT2D eigenvalue weighted by Gasteiger charge is -2.10. The topological polar surface area (TPSA) is 91.6 Å². The fraction of sp³-hybridized carbons (Fsp3) is 0.200. The standard InChI is InChI=1S/C15H14ClFN2O4/c16-11-7-10(1-2-12(11)17)19-15(22)14(21)18-5-3-13(20)9-4-6-23-8-9/h1-2,4,6-8,13,20H,3,5H2,(H,18,21)(H,19,22). The van der Waals surface area contributed by atoms with Crippen molar-refractivity contribution in [2.45, 2.75) is 12.5 Å². The number of rotatable bonds is 5. The lowest BCUT2D eigenvalue weighted by atomic mass is 10.1. The van der Waals surface area contributed by atoms with Crippen molar-refractivity contribution in [3.63, 3.8) is 0 Å². The molecule has 2 rings (SSSR count). The lowest BCUT2D eigenvalue weighted by Crippen LogP contribution is -2.36. The van der Waals surface area contributed by atoms with Crippen LogP contribution in [-0.4, -0.2) is 23.5 Å². The fourth-order valence-electron chi connectivity index (χ4n) is 1.80. The first-order valence-electron chi connectivity index (χ1n) is 6.72. The van der Waals surface area contributed by atoms with Gasteiger partial charge in [-0.15, -0.1) is 0 Å². The molecule has 1 aromatic carbocycles. The van der Waals surface area contributed by atoms with E-state index in [1.165, 1.54) is 24.7 Å². The smallest absolute Gasteiger partial charge is 0.313 e. The Morgan fingerprint density at radius 2 is 2.09 bits per heavy atom. The van der Waals surface area contributed by atoms with Gasteiger partial charge in [0, 0.05) is 17.8 Å². The molecule has 1 unspecified atom stereocenters. The molecule has 0 saturated carbocycles. The predicted molar refractivity (Wildman–Crippen MR) is 81.3 cm³/mol. The Hall–Kier alpha value is -2.38. The summed E-state index contributed by atoms with van der Waals surface area (Å²) < 4.78 is 17.8. The van der Waals surface area contributed by atoms with Gasteiger partial charge in [0.25, 0.3) is 0 Å². The van der Waals surface area contributed by atoms with Gasteiger partial charge < -0.3 is 20.2 Å². The van der Waals surface area contributed by atoms with Gasteiger partial charge in [-0.1, -0.05) is 11.6 Å². The summed E-state index contributed by atoms with van der Waals surface area (Å²) in [7, 11) is 0. The van der Waals surface area contributed by atoms with Gasteiger partial charge in [-0.2, -0.15) is 0 Å². The summed E-state index contributed by atoms with van der Waals surface area (Å²) in [4.78, 5) is 23.3. The number of anilines is 1. The highest BCUT2D eigenvalue weighted by Gasteiger charge is 2.15. The Labute approximate surface area is 136 Å². The van der Waals surface area contributed by atoms with Crippen LogP contribution in [0, 0.1) is 5.82 Å². The van der Waals surface area contributed by atoms with Crippen LogP contribution in [0.1, 0.15) is 18.1 Å². The number of amides is 2. The van der Waals surface area contributed by atoms with Crippen LogP contribution < -0.4 is 10.6 Å². The van der Waals surface area contributed by atoms with Crippen LogP contribution in [0.25, 0.3) is 0 Å².